The van der Waals surface area contributed by atoms with Crippen molar-refractivity contribution < 1.29 is 22.3 Å². The maximum absolute atomic E-state index is 13.9. The molecule has 1 aromatic heterocycles. The number of carbonyl (C=O) groups excluding carboxylic acids is 1. The number of aromatic nitrogens is 2. The van der Waals surface area contributed by atoms with Gasteiger partial charge in [-0.3, -0.25) is 0 Å². The van der Waals surface area contributed by atoms with E-state index in [1.807, 2.05) is 11.5 Å². The first-order chi connectivity index (χ1) is 14.1. The number of fused-ring (bicyclic) bond motifs is 1. The summed E-state index contributed by atoms with van der Waals surface area (Å²) < 4.78 is 47.0. The number of benzene rings is 2. The van der Waals surface area contributed by atoms with Crippen LogP contribution in [0.25, 0.3) is 11.0 Å². The summed E-state index contributed by atoms with van der Waals surface area (Å²) in [5.41, 5.74) is 0.963. The number of carbonyl (C=O) groups is 1. The van der Waals surface area contributed by atoms with E-state index in [4.69, 9.17) is 16.3 Å². The number of ether oxygens (including phenoxy) is 1. The molecule has 0 fully saturated rings. The van der Waals surface area contributed by atoms with Crippen molar-refractivity contribution in [3.05, 3.63) is 58.6 Å². The zero-order valence-electron chi connectivity index (χ0n) is 16.7. The molecule has 0 saturated carbocycles. The molecule has 3 rings (SSSR count). The van der Waals surface area contributed by atoms with Gasteiger partial charge in [-0.05, 0) is 42.8 Å². The predicted octanol–water partition coefficient (Wildman–Crippen LogP) is 3.85. The molecule has 10 heteroatoms. The Balaban J connectivity index is 1.92. The first-order valence-corrected chi connectivity index (χ1v) is 11.0. The number of nitrogens with zero attached hydrogens (tertiary/aromatic N) is 3. The molecular weight excluding hydrogens is 433 g/mol. The van der Waals surface area contributed by atoms with Crippen molar-refractivity contribution in [1.29, 1.82) is 0 Å². The Morgan fingerprint density at radius 1 is 1.23 bits per heavy atom. The number of aryl methyl sites for hydroxylation is 1. The Morgan fingerprint density at radius 2 is 1.97 bits per heavy atom. The first-order valence-electron chi connectivity index (χ1n) is 9.19. The number of halogens is 2. The smallest absolute Gasteiger partial charge is 0.341 e. The average molecular weight is 454 g/mol. The monoisotopic (exact) mass is 453 g/mol. The summed E-state index contributed by atoms with van der Waals surface area (Å²) in [7, 11) is -0.699. The number of sulfonamides is 1. The summed E-state index contributed by atoms with van der Waals surface area (Å²) in [6, 6.07) is 8.38. The number of hydrogen-bond acceptors (Lipinski definition) is 5. The van der Waals surface area contributed by atoms with Gasteiger partial charge in [-0.1, -0.05) is 18.5 Å². The summed E-state index contributed by atoms with van der Waals surface area (Å²) in [6.07, 6.45) is 0.788. The number of imidazole rings is 1. The summed E-state index contributed by atoms with van der Waals surface area (Å²) in [5.74, 6) is -1.17. The van der Waals surface area contributed by atoms with Crippen molar-refractivity contribution in [2.45, 2.75) is 31.4 Å². The minimum Gasteiger partial charge on any atom is -0.454 e. The maximum Gasteiger partial charge on any atom is 0.341 e. The standard InChI is InChI=1S/C20H21ClFN3O4S/c1-4-9-25-18-8-6-14(30(27,28)24(2)3)11-17(18)23-19(25)12-29-20(26)15-7-5-13(21)10-16(15)22/h5-8,10-11H,4,9,12H2,1-3H3. The summed E-state index contributed by atoms with van der Waals surface area (Å²) >= 11 is 5.71. The molecule has 7 nitrogen and oxygen atoms in total. The van der Waals surface area contributed by atoms with Crippen LogP contribution in [0.15, 0.2) is 41.3 Å². The van der Waals surface area contributed by atoms with E-state index in [0.29, 0.717) is 17.9 Å². The van der Waals surface area contributed by atoms with Crippen molar-refractivity contribution in [1.82, 2.24) is 13.9 Å². The Kier molecular flexibility index (Phi) is 6.44. The zero-order chi connectivity index (χ0) is 22.1. The van der Waals surface area contributed by atoms with E-state index in [0.717, 1.165) is 22.3 Å². The highest BCUT2D eigenvalue weighted by atomic mass is 35.5. The second kappa shape index (κ2) is 8.71. The van der Waals surface area contributed by atoms with Crippen LogP contribution >= 0.6 is 11.6 Å². The SMILES string of the molecule is CCCn1c(COC(=O)c2ccc(Cl)cc2F)nc2cc(S(=O)(=O)N(C)C)ccc21. The normalized spacial score (nSPS) is 11.9. The van der Waals surface area contributed by atoms with Crippen LogP contribution in [-0.4, -0.2) is 42.3 Å². The van der Waals surface area contributed by atoms with E-state index in [9.17, 15) is 17.6 Å². The predicted molar refractivity (Wildman–Crippen MR) is 111 cm³/mol. The molecule has 0 bridgehead atoms. The Labute approximate surface area is 179 Å². The van der Waals surface area contributed by atoms with E-state index in [-0.39, 0.29) is 22.1 Å². The molecule has 0 aliphatic carbocycles. The van der Waals surface area contributed by atoms with Crippen molar-refractivity contribution in [2.24, 2.45) is 0 Å². The van der Waals surface area contributed by atoms with Crippen molar-refractivity contribution in [3.63, 3.8) is 0 Å². The molecule has 0 spiro atoms. The van der Waals surface area contributed by atoms with E-state index >= 15 is 0 Å². The first kappa shape index (κ1) is 22.2. The van der Waals surface area contributed by atoms with E-state index < -0.39 is 21.8 Å². The van der Waals surface area contributed by atoms with Crippen LogP contribution in [0.4, 0.5) is 4.39 Å². The number of esters is 1. The Bertz CT molecular complexity index is 1210. The summed E-state index contributed by atoms with van der Waals surface area (Å²) in [5, 5.41) is 0.178. The zero-order valence-corrected chi connectivity index (χ0v) is 18.3. The van der Waals surface area contributed by atoms with Gasteiger partial charge in [0, 0.05) is 25.7 Å². The highest BCUT2D eigenvalue weighted by molar-refractivity contribution is 7.89. The minimum atomic E-state index is -3.61. The molecule has 0 aliphatic heterocycles. The maximum atomic E-state index is 13.9. The lowest BCUT2D eigenvalue weighted by Crippen LogP contribution is -2.22. The number of hydrogen-bond donors (Lipinski definition) is 0. The molecular formula is C20H21ClFN3O4S. The molecule has 0 amide bonds. The van der Waals surface area contributed by atoms with E-state index in [1.54, 1.807) is 6.07 Å². The highest BCUT2D eigenvalue weighted by Crippen LogP contribution is 2.23. The minimum absolute atomic E-state index is 0.118. The molecule has 3 aromatic rings. The van der Waals surface area contributed by atoms with E-state index in [1.165, 1.54) is 38.4 Å². The third-order valence-corrected chi connectivity index (χ3v) is 6.55. The third-order valence-electron chi connectivity index (χ3n) is 4.51. The summed E-state index contributed by atoms with van der Waals surface area (Å²) in [4.78, 5) is 16.8. The van der Waals surface area contributed by atoms with Gasteiger partial charge in [0.15, 0.2) is 0 Å². The molecule has 0 N–H and O–H groups in total. The van der Waals surface area contributed by atoms with Gasteiger partial charge in [0.1, 0.15) is 18.2 Å². The van der Waals surface area contributed by atoms with Crippen LogP contribution in [0.5, 0.6) is 0 Å². The van der Waals surface area contributed by atoms with Crippen LogP contribution in [-0.2, 0) is 27.9 Å². The lowest BCUT2D eigenvalue weighted by atomic mass is 10.2. The quantitative estimate of drug-likeness (QED) is 0.507. The molecule has 1 heterocycles. The average Bonchev–Trinajstić information content (AvgIpc) is 3.03. The van der Waals surface area contributed by atoms with Gasteiger partial charge < -0.3 is 9.30 Å². The fourth-order valence-electron chi connectivity index (χ4n) is 2.98. The molecule has 0 radical (unpaired) electrons. The van der Waals surface area contributed by atoms with Crippen molar-refractivity contribution in [2.75, 3.05) is 14.1 Å². The van der Waals surface area contributed by atoms with Crippen LogP contribution in [0.3, 0.4) is 0 Å². The van der Waals surface area contributed by atoms with Crippen LogP contribution < -0.4 is 0 Å². The second-order valence-electron chi connectivity index (χ2n) is 6.82. The molecule has 30 heavy (non-hydrogen) atoms. The van der Waals surface area contributed by atoms with Crippen LogP contribution in [0.2, 0.25) is 5.02 Å². The Hall–Kier alpha value is -2.49. The third kappa shape index (κ3) is 4.33. The van der Waals surface area contributed by atoms with Crippen LogP contribution in [0, 0.1) is 5.82 Å². The van der Waals surface area contributed by atoms with E-state index in [2.05, 4.69) is 4.98 Å². The van der Waals surface area contributed by atoms with Gasteiger partial charge in [0.2, 0.25) is 10.0 Å². The van der Waals surface area contributed by atoms with Crippen molar-refractivity contribution in [3.8, 4) is 0 Å². The second-order valence-corrected chi connectivity index (χ2v) is 9.41. The largest absolute Gasteiger partial charge is 0.454 e. The lowest BCUT2D eigenvalue weighted by Gasteiger charge is -2.11. The fraction of sp³-hybridized carbons (Fsp3) is 0.300. The van der Waals surface area contributed by atoms with Gasteiger partial charge in [0.05, 0.1) is 21.5 Å². The molecule has 2 aromatic carbocycles. The molecule has 0 aliphatic rings. The summed E-state index contributed by atoms with van der Waals surface area (Å²) in [6.45, 7) is 2.39. The molecule has 160 valence electrons. The Morgan fingerprint density at radius 3 is 2.60 bits per heavy atom. The lowest BCUT2D eigenvalue weighted by molar-refractivity contribution is 0.0453. The number of rotatable bonds is 7. The fourth-order valence-corrected chi connectivity index (χ4v) is 4.06. The van der Waals surface area contributed by atoms with Gasteiger partial charge >= 0.3 is 5.97 Å². The van der Waals surface area contributed by atoms with Gasteiger partial charge in [-0.25, -0.2) is 26.9 Å². The highest BCUT2D eigenvalue weighted by Gasteiger charge is 2.21. The van der Waals surface area contributed by atoms with Gasteiger partial charge in [-0.15, -0.1) is 0 Å². The van der Waals surface area contributed by atoms with Gasteiger partial charge in [0.25, 0.3) is 0 Å². The van der Waals surface area contributed by atoms with Gasteiger partial charge in [-0.2, -0.15) is 0 Å². The van der Waals surface area contributed by atoms with Crippen molar-refractivity contribution >= 4 is 38.6 Å². The topological polar surface area (TPSA) is 81.5 Å². The molecule has 0 unspecified atom stereocenters. The molecule has 0 saturated heterocycles. The van der Waals surface area contributed by atoms with Crippen LogP contribution in [0.1, 0.15) is 29.5 Å². The molecule has 0 atom stereocenters.